The first-order valence-corrected chi connectivity index (χ1v) is 13.6. The Hall–Kier alpha value is -2.06. The number of nitrogens with one attached hydrogen (secondary N) is 1. The van der Waals surface area contributed by atoms with Crippen molar-refractivity contribution in [2.75, 3.05) is 62.2 Å². The molecule has 0 aliphatic rings. The minimum Gasteiger partial charge on any atom is -0.493 e. The highest BCUT2D eigenvalue weighted by atomic mass is 35.5. The Morgan fingerprint density at radius 1 is 0.750 bits per heavy atom. The second kappa shape index (κ2) is 18.4. The standard InChI is InChI=1S/C31H50N2O5.2ClH/c1-22(2)31(21-32-23(3)4,25-19-28(36-8)30(38-10)29(20-25)37-9)15-11-16-33(5)17-14-24-12-13-26(34-6)27(18-24)35-7;;/h12-13,18-20,22-23,32H,11,14-17,21H2,1-10H3;2*1H. The maximum absolute atomic E-state index is 5.72. The summed E-state index contributed by atoms with van der Waals surface area (Å²) in [5.41, 5.74) is 2.36. The first-order valence-electron chi connectivity index (χ1n) is 13.6. The van der Waals surface area contributed by atoms with Crippen LogP contribution >= 0.6 is 24.8 Å². The molecule has 0 aliphatic carbocycles. The third-order valence-corrected chi connectivity index (χ3v) is 7.56. The first kappa shape index (κ1) is 37.9. The molecule has 0 aliphatic heterocycles. The van der Waals surface area contributed by atoms with Crippen LogP contribution in [-0.2, 0) is 11.8 Å². The number of likely N-dealkylation sites (N-methyl/N-ethyl adjacent to an activating group) is 1. The Morgan fingerprint density at radius 2 is 1.32 bits per heavy atom. The molecule has 7 nitrogen and oxygen atoms in total. The third kappa shape index (κ3) is 9.79. The van der Waals surface area contributed by atoms with E-state index in [0.717, 1.165) is 50.4 Å². The lowest BCUT2D eigenvalue weighted by molar-refractivity contribution is 0.235. The number of halogens is 2. The minimum atomic E-state index is -0.0959. The topological polar surface area (TPSA) is 61.4 Å². The van der Waals surface area contributed by atoms with Crippen LogP contribution in [-0.4, -0.2) is 73.2 Å². The predicted octanol–water partition coefficient (Wildman–Crippen LogP) is 6.42. The summed E-state index contributed by atoms with van der Waals surface area (Å²) in [5, 5.41) is 3.73. The molecular formula is C31H52Cl2N2O5. The Labute approximate surface area is 255 Å². The molecule has 1 atom stereocenters. The number of hydrogen-bond donors (Lipinski definition) is 1. The van der Waals surface area contributed by atoms with E-state index in [2.05, 4.69) is 69.2 Å². The average molecular weight is 604 g/mol. The molecule has 230 valence electrons. The highest BCUT2D eigenvalue weighted by Crippen LogP contribution is 2.45. The molecule has 2 aromatic rings. The summed E-state index contributed by atoms with van der Waals surface area (Å²) in [6.07, 6.45) is 3.05. The van der Waals surface area contributed by atoms with Crippen molar-refractivity contribution in [1.29, 1.82) is 0 Å². The van der Waals surface area contributed by atoms with E-state index in [9.17, 15) is 0 Å². The van der Waals surface area contributed by atoms with Gasteiger partial charge in [0.1, 0.15) is 0 Å². The average Bonchev–Trinajstić information content (AvgIpc) is 2.92. The van der Waals surface area contributed by atoms with Gasteiger partial charge in [0.2, 0.25) is 5.75 Å². The van der Waals surface area contributed by atoms with Crippen LogP contribution in [0.5, 0.6) is 28.7 Å². The van der Waals surface area contributed by atoms with Crippen LogP contribution in [0.15, 0.2) is 30.3 Å². The van der Waals surface area contributed by atoms with Gasteiger partial charge in [-0.05, 0) is 74.2 Å². The third-order valence-electron chi connectivity index (χ3n) is 7.56. The summed E-state index contributed by atoms with van der Waals surface area (Å²) < 4.78 is 27.9. The predicted molar refractivity (Wildman–Crippen MR) is 170 cm³/mol. The highest BCUT2D eigenvalue weighted by molar-refractivity contribution is 5.85. The SMILES string of the molecule is COc1ccc(CCN(C)CCCC(CNC(C)C)(c2cc(OC)c(OC)c(OC)c2)C(C)C)cc1OC.Cl.Cl. The molecule has 2 rings (SSSR count). The Morgan fingerprint density at radius 3 is 1.80 bits per heavy atom. The van der Waals surface area contributed by atoms with Gasteiger partial charge in [-0.3, -0.25) is 0 Å². The molecule has 0 aromatic heterocycles. The van der Waals surface area contributed by atoms with E-state index in [1.807, 2.05) is 6.07 Å². The van der Waals surface area contributed by atoms with Crippen molar-refractivity contribution in [3.63, 3.8) is 0 Å². The maximum atomic E-state index is 5.72. The van der Waals surface area contributed by atoms with E-state index in [0.29, 0.717) is 29.2 Å². The van der Waals surface area contributed by atoms with Gasteiger partial charge < -0.3 is 33.9 Å². The van der Waals surface area contributed by atoms with Crippen molar-refractivity contribution in [1.82, 2.24) is 10.2 Å². The fraction of sp³-hybridized carbons (Fsp3) is 0.613. The van der Waals surface area contributed by atoms with Gasteiger partial charge in [-0.25, -0.2) is 0 Å². The smallest absolute Gasteiger partial charge is 0.203 e. The lowest BCUT2D eigenvalue weighted by Crippen LogP contribution is -2.45. The van der Waals surface area contributed by atoms with Crippen molar-refractivity contribution >= 4 is 24.8 Å². The molecular weight excluding hydrogens is 551 g/mol. The molecule has 40 heavy (non-hydrogen) atoms. The number of ether oxygens (including phenoxy) is 5. The molecule has 0 fully saturated rings. The van der Waals surface area contributed by atoms with Crippen molar-refractivity contribution in [2.24, 2.45) is 5.92 Å². The Bertz CT molecular complexity index is 981. The van der Waals surface area contributed by atoms with Crippen LogP contribution in [0.25, 0.3) is 0 Å². The summed E-state index contributed by atoms with van der Waals surface area (Å²) >= 11 is 0. The van der Waals surface area contributed by atoms with Crippen molar-refractivity contribution in [3.8, 4) is 28.7 Å². The van der Waals surface area contributed by atoms with Gasteiger partial charge >= 0.3 is 0 Å². The molecule has 1 unspecified atom stereocenters. The molecule has 1 N–H and O–H groups in total. The van der Waals surface area contributed by atoms with Crippen LogP contribution in [0.3, 0.4) is 0 Å². The number of nitrogens with zero attached hydrogens (tertiary/aromatic N) is 1. The molecule has 0 saturated carbocycles. The molecule has 0 spiro atoms. The zero-order chi connectivity index (χ0) is 28.3. The highest BCUT2D eigenvalue weighted by Gasteiger charge is 2.37. The maximum Gasteiger partial charge on any atom is 0.203 e. The van der Waals surface area contributed by atoms with Crippen LogP contribution in [0.2, 0.25) is 0 Å². The second-order valence-electron chi connectivity index (χ2n) is 10.6. The van der Waals surface area contributed by atoms with Crippen molar-refractivity contribution in [3.05, 3.63) is 41.5 Å². The largest absolute Gasteiger partial charge is 0.493 e. The van der Waals surface area contributed by atoms with Gasteiger partial charge in [0.25, 0.3) is 0 Å². The molecule has 0 radical (unpaired) electrons. The van der Waals surface area contributed by atoms with Gasteiger partial charge in [0.15, 0.2) is 23.0 Å². The molecule has 0 amide bonds. The summed E-state index contributed by atoms with van der Waals surface area (Å²) in [4.78, 5) is 2.41. The second-order valence-corrected chi connectivity index (χ2v) is 10.6. The first-order chi connectivity index (χ1) is 18.1. The summed E-state index contributed by atoms with van der Waals surface area (Å²) in [6, 6.07) is 10.8. The zero-order valence-corrected chi connectivity index (χ0v) is 27.7. The quantitative estimate of drug-likeness (QED) is 0.224. The van der Waals surface area contributed by atoms with Gasteiger partial charge in [-0.15, -0.1) is 24.8 Å². The van der Waals surface area contributed by atoms with Crippen LogP contribution in [0.4, 0.5) is 0 Å². The van der Waals surface area contributed by atoms with Gasteiger partial charge in [0, 0.05) is 24.5 Å². The van der Waals surface area contributed by atoms with E-state index < -0.39 is 0 Å². The molecule has 9 heteroatoms. The molecule has 0 heterocycles. The number of benzene rings is 2. The van der Waals surface area contributed by atoms with E-state index in [-0.39, 0.29) is 30.2 Å². The van der Waals surface area contributed by atoms with E-state index in [1.54, 1.807) is 35.5 Å². The monoisotopic (exact) mass is 602 g/mol. The lowest BCUT2D eigenvalue weighted by Gasteiger charge is -2.40. The van der Waals surface area contributed by atoms with E-state index >= 15 is 0 Å². The fourth-order valence-corrected chi connectivity index (χ4v) is 5.05. The van der Waals surface area contributed by atoms with E-state index in [1.165, 1.54) is 11.1 Å². The van der Waals surface area contributed by atoms with Crippen molar-refractivity contribution < 1.29 is 23.7 Å². The van der Waals surface area contributed by atoms with Crippen LogP contribution in [0.1, 0.15) is 51.7 Å². The fourth-order valence-electron chi connectivity index (χ4n) is 5.05. The number of hydrogen-bond acceptors (Lipinski definition) is 7. The Balaban J connectivity index is 0.00000760. The van der Waals surface area contributed by atoms with Crippen LogP contribution in [0, 0.1) is 5.92 Å². The molecule has 2 aromatic carbocycles. The Kier molecular flexibility index (Phi) is 17.4. The van der Waals surface area contributed by atoms with Gasteiger partial charge in [0.05, 0.1) is 35.5 Å². The normalized spacial score (nSPS) is 12.4. The van der Waals surface area contributed by atoms with Crippen LogP contribution < -0.4 is 29.0 Å². The van der Waals surface area contributed by atoms with E-state index in [4.69, 9.17) is 23.7 Å². The summed E-state index contributed by atoms with van der Waals surface area (Å²) in [6.45, 7) is 11.9. The lowest BCUT2D eigenvalue weighted by atomic mass is 9.68. The number of rotatable bonds is 17. The molecule has 0 saturated heterocycles. The summed E-state index contributed by atoms with van der Waals surface area (Å²) in [7, 11) is 10.5. The van der Waals surface area contributed by atoms with Crippen molar-refractivity contribution in [2.45, 2.75) is 58.4 Å². The minimum absolute atomic E-state index is 0. The number of methoxy groups -OCH3 is 5. The van der Waals surface area contributed by atoms with Gasteiger partial charge in [-0.1, -0.05) is 33.8 Å². The zero-order valence-electron chi connectivity index (χ0n) is 26.1. The molecule has 0 bridgehead atoms. The van der Waals surface area contributed by atoms with Gasteiger partial charge in [-0.2, -0.15) is 0 Å². The summed E-state index contributed by atoms with van der Waals surface area (Å²) in [5.74, 6) is 3.96.